The van der Waals surface area contributed by atoms with Gasteiger partial charge in [-0.15, -0.1) is 10.2 Å². The zero-order valence-corrected chi connectivity index (χ0v) is 16.9. The van der Waals surface area contributed by atoms with E-state index in [4.69, 9.17) is 4.74 Å². The average molecular weight is 444 g/mol. The normalized spacial score (nSPS) is 17.7. The monoisotopic (exact) mass is 443 g/mol. The molecule has 1 amide bonds. The predicted molar refractivity (Wildman–Crippen MR) is 109 cm³/mol. The van der Waals surface area contributed by atoms with Crippen molar-refractivity contribution in [2.75, 3.05) is 19.7 Å². The first-order valence-corrected chi connectivity index (χ1v) is 10.1. The third-order valence-corrected chi connectivity index (χ3v) is 5.32. The summed E-state index contributed by atoms with van der Waals surface area (Å²) in [7, 11) is 0. The Hall–Kier alpha value is -2.29. The minimum absolute atomic E-state index is 0.0186. The molecule has 0 spiro atoms. The molecule has 3 aromatic rings. The Morgan fingerprint density at radius 3 is 2.93 bits per heavy atom. The summed E-state index contributed by atoms with van der Waals surface area (Å²) in [5.74, 6) is 0.649. The first-order chi connectivity index (χ1) is 13.7. The smallest absolute Gasteiger partial charge is 0.225 e. The quantitative estimate of drug-likeness (QED) is 0.586. The Kier molecular flexibility index (Phi) is 5.99. The standard InChI is InChI=1S/C20H22BrN5O2/c21-16-6-7-18-24-25-19(26(18)11-16)17(23-20(27)15-8-9-22-10-15)13-28-12-14-4-2-1-3-5-14/h1-7,11,15,17,22H,8-10,12-13H2,(H,23,27)/t15?,17-/m1/s1. The summed E-state index contributed by atoms with van der Waals surface area (Å²) in [4.78, 5) is 12.7. The lowest BCUT2D eigenvalue weighted by Gasteiger charge is -2.20. The molecule has 2 N–H and O–H groups in total. The van der Waals surface area contributed by atoms with Gasteiger partial charge in [0.15, 0.2) is 11.5 Å². The van der Waals surface area contributed by atoms with E-state index in [9.17, 15) is 4.79 Å². The second-order valence-electron chi connectivity index (χ2n) is 6.89. The molecule has 3 heterocycles. The van der Waals surface area contributed by atoms with Gasteiger partial charge in [0.1, 0.15) is 6.04 Å². The molecule has 28 heavy (non-hydrogen) atoms. The van der Waals surface area contributed by atoms with Gasteiger partial charge in [0.25, 0.3) is 0 Å². The molecule has 1 aromatic carbocycles. The van der Waals surface area contributed by atoms with Crippen molar-refractivity contribution < 1.29 is 9.53 Å². The molecule has 1 aliphatic heterocycles. The average Bonchev–Trinajstić information content (AvgIpc) is 3.38. The zero-order chi connectivity index (χ0) is 19.3. The molecule has 2 atom stereocenters. The Morgan fingerprint density at radius 2 is 2.14 bits per heavy atom. The molecule has 1 unspecified atom stereocenters. The minimum Gasteiger partial charge on any atom is -0.374 e. The third-order valence-electron chi connectivity index (χ3n) is 4.85. The Bertz CT molecular complexity index is 940. The van der Waals surface area contributed by atoms with Gasteiger partial charge in [-0.3, -0.25) is 9.20 Å². The number of ether oxygens (including phenoxy) is 1. The van der Waals surface area contributed by atoms with Crippen molar-refractivity contribution >= 4 is 27.5 Å². The number of nitrogens with one attached hydrogen (secondary N) is 2. The van der Waals surface area contributed by atoms with Crippen LogP contribution in [0.2, 0.25) is 0 Å². The maximum absolute atomic E-state index is 12.7. The van der Waals surface area contributed by atoms with Gasteiger partial charge in [-0.1, -0.05) is 30.3 Å². The number of hydrogen-bond donors (Lipinski definition) is 2. The van der Waals surface area contributed by atoms with E-state index in [2.05, 4.69) is 36.8 Å². The first-order valence-electron chi connectivity index (χ1n) is 9.33. The van der Waals surface area contributed by atoms with Gasteiger partial charge in [-0.2, -0.15) is 0 Å². The van der Waals surface area contributed by atoms with Crippen LogP contribution in [0.25, 0.3) is 5.65 Å². The minimum atomic E-state index is -0.388. The van der Waals surface area contributed by atoms with E-state index in [1.807, 2.05) is 53.1 Å². The number of carbonyl (C=O) groups excluding carboxylic acids is 1. The van der Waals surface area contributed by atoms with Crippen LogP contribution in [-0.4, -0.2) is 40.2 Å². The number of benzene rings is 1. The van der Waals surface area contributed by atoms with Crippen LogP contribution in [0.1, 0.15) is 23.9 Å². The molecule has 146 valence electrons. The lowest BCUT2D eigenvalue weighted by Crippen LogP contribution is -2.37. The molecule has 1 saturated heterocycles. The van der Waals surface area contributed by atoms with Gasteiger partial charge in [0.2, 0.25) is 5.91 Å². The van der Waals surface area contributed by atoms with Crippen molar-refractivity contribution in [3.63, 3.8) is 0 Å². The molecule has 1 aliphatic rings. The highest BCUT2D eigenvalue weighted by Crippen LogP contribution is 2.19. The van der Waals surface area contributed by atoms with E-state index < -0.39 is 0 Å². The number of halogens is 1. The number of aromatic nitrogens is 3. The first kappa shape index (κ1) is 19.0. The molecule has 0 saturated carbocycles. The van der Waals surface area contributed by atoms with E-state index in [-0.39, 0.29) is 17.9 Å². The Morgan fingerprint density at radius 1 is 1.29 bits per heavy atom. The van der Waals surface area contributed by atoms with Crippen LogP contribution in [-0.2, 0) is 16.1 Å². The SMILES string of the molecule is O=C(N[C@H](COCc1ccccc1)c1nnc2ccc(Br)cn12)C1CCNC1. The second-order valence-corrected chi connectivity index (χ2v) is 7.80. The number of rotatable bonds is 7. The summed E-state index contributed by atoms with van der Waals surface area (Å²) in [6, 6.07) is 13.4. The van der Waals surface area contributed by atoms with Crippen molar-refractivity contribution in [1.82, 2.24) is 25.2 Å². The van der Waals surface area contributed by atoms with Crippen LogP contribution in [0.4, 0.5) is 0 Å². The molecule has 7 nitrogen and oxygen atoms in total. The molecule has 1 fully saturated rings. The van der Waals surface area contributed by atoms with Crippen molar-refractivity contribution in [3.8, 4) is 0 Å². The van der Waals surface area contributed by atoms with Crippen LogP contribution in [0.3, 0.4) is 0 Å². The number of carbonyl (C=O) groups is 1. The van der Waals surface area contributed by atoms with E-state index >= 15 is 0 Å². The number of amides is 1. The highest BCUT2D eigenvalue weighted by atomic mass is 79.9. The van der Waals surface area contributed by atoms with Gasteiger partial charge < -0.3 is 15.4 Å². The van der Waals surface area contributed by atoms with Crippen LogP contribution >= 0.6 is 15.9 Å². The molecular formula is C20H22BrN5O2. The van der Waals surface area contributed by atoms with Crippen molar-refractivity contribution in [3.05, 3.63) is 64.5 Å². The van der Waals surface area contributed by atoms with Crippen molar-refractivity contribution in [1.29, 1.82) is 0 Å². The predicted octanol–water partition coefficient (Wildman–Crippen LogP) is 2.48. The summed E-state index contributed by atoms with van der Waals surface area (Å²) in [6.07, 6.45) is 2.74. The molecule has 8 heteroatoms. The highest BCUT2D eigenvalue weighted by Gasteiger charge is 2.27. The van der Waals surface area contributed by atoms with Gasteiger partial charge in [0, 0.05) is 17.2 Å². The van der Waals surface area contributed by atoms with Crippen LogP contribution < -0.4 is 10.6 Å². The summed E-state index contributed by atoms with van der Waals surface area (Å²) in [5, 5.41) is 14.9. The molecule has 0 aliphatic carbocycles. The van der Waals surface area contributed by atoms with Crippen molar-refractivity contribution in [2.45, 2.75) is 19.1 Å². The van der Waals surface area contributed by atoms with E-state index in [0.29, 0.717) is 25.6 Å². The second kappa shape index (κ2) is 8.81. The maximum atomic E-state index is 12.7. The Labute approximate surface area is 171 Å². The fourth-order valence-electron chi connectivity index (χ4n) is 3.34. The number of nitrogens with zero attached hydrogens (tertiary/aromatic N) is 3. The largest absolute Gasteiger partial charge is 0.374 e. The Balaban J connectivity index is 1.53. The molecule has 0 bridgehead atoms. The maximum Gasteiger partial charge on any atom is 0.225 e. The molecule has 2 aromatic heterocycles. The van der Waals surface area contributed by atoms with Gasteiger partial charge in [-0.25, -0.2) is 0 Å². The van der Waals surface area contributed by atoms with Crippen LogP contribution in [0.15, 0.2) is 53.1 Å². The van der Waals surface area contributed by atoms with Crippen molar-refractivity contribution in [2.24, 2.45) is 5.92 Å². The van der Waals surface area contributed by atoms with Crippen LogP contribution in [0.5, 0.6) is 0 Å². The third kappa shape index (κ3) is 4.40. The van der Waals surface area contributed by atoms with Crippen LogP contribution in [0, 0.1) is 5.92 Å². The lowest BCUT2D eigenvalue weighted by atomic mass is 10.1. The lowest BCUT2D eigenvalue weighted by molar-refractivity contribution is -0.125. The van der Waals surface area contributed by atoms with Gasteiger partial charge in [0.05, 0.1) is 19.1 Å². The molecular weight excluding hydrogens is 422 g/mol. The fraction of sp³-hybridized carbons (Fsp3) is 0.350. The fourth-order valence-corrected chi connectivity index (χ4v) is 3.67. The topological polar surface area (TPSA) is 80.5 Å². The summed E-state index contributed by atoms with van der Waals surface area (Å²) in [6.45, 7) is 2.36. The van der Waals surface area contributed by atoms with Gasteiger partial charge >= 0.3 is 0 Å². The highest BCUT2D eigenvalue weighted by molar-refractivity contribution is 9.10. The van der Waals surface area contributed by atoms with E-state index in [1.165, 1.54) is 0 Å². The molecule has 4 rings (SSSR count). The zero-order valence-electron chi connectivity index (χ0n) is 15.3. The van der Waals surface area contributed by atoms with E-state index in [1.54, 1.807) is 0 Å². The number of hydrogen-bond acceptors (Lipinski definition) is 5. The van der Waals surface area contributed by atoms with Gasteiger partial charge in [-0.05, 0) is 46.6 Å². The summed E-state index contributed by atoms with van der Waals surface area (Å²) in [5.41, 5.74) is 1.81. The summed E-state index contributed by atoms with van der Waals surface area (Å²) < 4.78 is 8.72. The number of fused-ring (bicyclic) bond motifs is 1. The summed E-state index contributed by atoms with van der Waals surface area (Å²) >= 11 is 3.49. The molecule has 0 radical (unpaired) electrons. The van der Waals surface area contributed by atoms with E-state index in [0.717, 1.165) is 28.6 Å². The number of pyridine rings is 1.